The third-order valence-electron chi connectivity index (χ3n) is 3.29. The largest absolute Gasteiger partial charge is 0.412 e. The molecular formula is C14H19NO2. The normalized spacial score (nSPS) is 24.1. The van der Waals surface area contributed by atoms with Gasteiger partial charge in [0.2, 0.25) is 0 Å². The van der Waals surface area contributed by atoms with Crippen LogP contribution in [0.2, 0.25) is 0 Å². The molecule has 0 aliphatic heterocycles. The smallest absolute Gasteiger partial charge is 0.410 e. The van der Waals surface area contributed by atoms with Crippen LogP contribution in [0, 0.1) is 5.92 Å². The summed E-state index contributed by atoms with van der Waals surface area (Å²) >= 11 is 0. The second-order valence-electron chi connectivity index (χ2n) is 4.80. The van der Waals surface area contributed by atoms with Crippen molar-refractivity contribution in [1.29, 1.82) is 0 Å². The third kappa shape index (κ3) is 3.77. The number of hydrogen-bond acceptors (Lipinski definition) is 2. The standard InChI is InChI=1S/C14H19NO2/c1-11-7-9-12(10-8-11)15-14(16)17-13-5-3-2-4-6-13/h2-6,11-12H,7-10H2,1H3,(H,15,16). The van der Waals surface area contributed by atoms with E-state index in [2.05, 4.69) is 12.2 Å². The van der Waals surface area contributed by atoms with E-state index in [1.165, 1.54) is 12.8 Å². The highest BCUT2D eigenvalue weighted by atomic mass is 16.6. The Morgan fingerprint density at radius 3 is 2.47 bits per heavy atom. The van der Waals surface area contributed by atoms with E-state index in [0.717, 1.165) is 18.8 Å². The second kappa shape index (κ2) is 5.71. The Balaban J connectivity index is 1.78. The summed E-state index contributed by atoms with van der Waals surface area (Å²) in [5, 5.41) is 2.93. The van der Waals surface area contributed by atoms with Gasteiger partial charge < -0.3 is 10.1 Å². The van der Waals surface area contributed by atoms with Gasteiger partial charge in [-0.1, -0.05) is 25.1 Å². The van der Waals surface area contributed by atoms with Crippen LogP contribution in [-0.2, 0) is 0 Å². The summed E-state index contributed by atoms with van der Waals surface area (Å²) in [6, 6.07) is 9.44. The lowest BCUT2D eigenvalue weighted by molar-refractivity contribution is 0.189. The second-order valence-corrected chi connectivity index (χ2v) is 4.80. The molecule has 0 heterocycles. The fourth-order valence-electron chi connectivity index (χ4n) is 2.20. The van der Waals surface area contributed by atoms with Gasteiger partial charge in [-0.15, -0.1) is 0 Å². The van der Waals surface area contributed by atoms with Crippen LogP contribution >= 0.6 is 0 Å². The van der Waals surface area contributed by atoms with Crippen molar-refractivity contribution in [2.24, 2.45) is 5.92 Å². The maximum absolute atomic E-state index is 11.6. The molecule has 92 valence electrons. The van der Waals surface area contributed by atoms with Crippen molar-refractivity contribution in [1.82, 2.24) is 5.32 Å². The van der Waals surface area contributed by atoms with E-state index in [1.807, 2.05) is 18.2 Å². The van der Waals surface area contributed by atoms with Gasteiger partial charge in [0.05, 0.1) is 0 Å². The number of carbonyl (C=O) groups excluding carboxylic acids is 1. The van der Waals surface area contributed by atoms with Crippen LogP contribution < -0.4 is 10.1 Å². The molecule has 3 heteroatoms. The van der Waals surface area contributed by atoms with Gasteiger partial charge in [-0.25, -0.2) is 4.79 Å². The first-order valence-corrected chi connectivity index (χ1v) is 6.27. The molecule has 1 fully saturated rings. The molecule has 0 bridgehead atoms. The predicted molar refractivity (Wildman–Crippen MR) is 67.0 cm³/mol. The summed E-state index contributed by atoms with van der Waals surface area (Å²) < 4.78 is 5.19. The van der Waals surface area contributed by atoms with Gasteiger partial charge in [-0.05, 0) is 43.7 Å². The number of rotatable bonds is 2. The van der Waals surface area contributed by atoms with Crippen LogP contribution in [0.15, 0.2) is 30.3 Å². The first-order valence-electron chi connectivity index (χ1n) is 6.27. The minimum Gasteiger partial charge on any atom is -0.410 e. The van der Waals surface area contributed by atoms with Crippen LogP contribution in [-0.4, -0.2) is 12.1 Å². The number of carbonyl (C=O) groups is 1. The number of nitrogens with one attached hydrogen (secondary N) is 1. The molecule has 0 atom stereocenters. The molecule has 1 aromatic rings. The summed E-state index contributed by atoms with van der Waals surface area (Å²) in [4.78, 5) is 11.6. The van der Waals surface area contributed by atoms with E-state index in [-0.39, 0.29) is 12.1 Å². The fraction of sp³-hybridized carbons (Fsp3) is 0.500. The van der Waals surface area contributed by atoms with Crippen LogP contribution in [0.5, 0.6) is 5.75 Å². The van der Waals surface area contributed by atoms with Crippen LogP contribution in [0.4, 0.5) is 4.79 Å². The number of ether oxygens (including phenoxy) is 1. The average Bonchev–Trinajstić information content (AvgIpc) is 2.33. The van der Waals surface area contributed by atoms with Gasteiger partial charge in [-0.3, -0.25) is 0 Å². The van der Waals surface area contributed by atoms with Crippen molar-refractivity contribution >= 4 is 6.09 Å². The molecule has 1 saturated carbocycles. The van der Waals surface area contributed by atoms with E-state index in [4.69, 9.17) is 4.74 Å². The van der Waals surface area contributed by atoms with E-state index < -0.39 is 0 Å². The highest BCUT2D eigenvalue weighted by Gasteiger charge is 2.20. The quantitative estimate of drug-likeness (QED) is 0.850. The Morgan fingerprint density at radius 2 is 1.82 bits per heavy atom. The number of para-hydroxylation sites is 1. The third-order valence-corrected chi connectivity index (χ3v) is 3.29. The molecule has 0 spiro atoms. The SMILES string of the molecule is CC1CCC(NC(=O)Oc2ccccc2)CC1. The Bertz CT molecular complexity index is 356. The van der Waals surface area contributed by atoms with Crippen molar-refractivity contribution in [2.45, 2.75) is 38.6 Å². The minimum atomic E-state index is -0.337. The van der Waals surface area contributed by atoms with Crippen molar-refractivity contribution in [3.63, 3.8) is 0 Å². The zero-order valence-corrected chi connectivity index (χ0v) is 10.2. The maximum atomic E-state index is 11.6. The summed E-state index contributed by atoms with van der Waals surface area (Å²) in [7, 11) is 0. The molecule has 1 amide bonds. The lowest BCUT2D eigenvalue weighted by Gasteiger charge is -2.26. The topological polar surface area (TPSA) is 38.3 Å². The maximum Gasteiger partial charge on any atom is 0.412 e. The summed E-state index contributed by atoms with van der Waals surface area (Å²) in [5.41, 5.74) is 0. The Kier molecular flexibility index (Phi) is 4.02. The highest BCUT2D eigenvalue weighted by Crippen LogP contribution is 2.23. The Hall–Kier alpha value is -1.51. The molecule has 1 N–H and O–H groups in total. The monoisotopic (exact) mass is 233 g/mol. The van der Waals surface area contributed by atoms with Gasteiger partial charge >= 0.3 is 6.09 Å². The van der Waals surface area contributed by atoms with Crippen molar-refractivity contribution in [3.05, 3.63) is 30.3 Å². The lowest BCUT2D eigenvalue weighted by Crippen LogP contribution is -2.39. The zero-order valence-electron chi connectivity index (χ0n) is 10.2. The van der Waals surface area contributed by atoms with E-state index in [0.29, 0.717) is 5.75 Å². The molecular weight excluding hydrogens is 214 g/mol. The Morgan fingerprint density at radius 1 is 1.18 bits per heavy atom. The van der Waals surface area contributed by atoms with Gasteiger partial charge in [0, 0.05) is 6.04 Å². The lowest BCUT2D eigenvalue weighted by atomic mass is 9.87. The van der Waals surface area contributed by atoms with Crippen molar-refractivity contribution in [3.8, 4) is 5.75 Å². The van der Waals surface area contributed by atoms with Gasteiger partial charge in [0.25, 0.3) is 0 Å². The van der Waals surface area contributed by atoms with Gasteiger partial charge in [0.15, 0.2) is 0 Å². The van der Waals surface area contributed by atoms with Gasteiger partial charge in [0.1, 0.15) is 5.75 Å². The van der Waals surface area contributed by atoms with Crippen LogP contribution in [0.1, 0.15) is 32.6 Å². The minimum absolute atomic E-state index is 0.280. The fourth-order valence-corrected chi connectivity index (χ4v) is 2.20. The molecule has 17 heavy (non-hydrogen) atoms. The summed E-state index contributed by atoms with van der Waals surface area (Å²) in [5.74, 6) is 1.38. The van der Waals surface area contributed by atoms with Crippen molar-refractivity contribution < 1.29 is 9.53 Å². The van der Waals surface area contributed by atoms with Crippen molar-refractivity contribution in [2.75, 3.05) is 0 Å². The molecule has 0 radical (unpaired) electrons. The average molecular weight is 233 g/mol. The van der Waals surface area contributed by atoms with Gasteiger partial charge in [-0.2, -0.15) is 0 Å². The first kappa shape index (κ1) is 12.0. The van der Waals surface area contributed by atoms with Crippen LogP contribution in [0.3, 0.4) is 0 Å². The first-order chi connectivity index (χ1) is 8.24. The molecule has 1 aliphatic rings. The van der Waals surface area contributed by atoms with E-state index in [1.54, 1.807) is 12.1 Å². The molecule has 3 nitrogen and oxygen atoms in total. The van der Waals surface area contributed by atoms with Crippen LogP contribution in [0.25, 0.3) is 0 Å². The molecule has 0 saturated heterocycles. The molecule has 0 unspecified atom stereocenters. The zero-order chi connectivity index (χ0) is 12.1. The molecule has 2 rings (SSSR count). The summed E-state index contributed by atoms with van der Waals surface area (Å²) in [6.07, 6.45) is 4.17. The Labute approximate surface area is 102 Å². The highest BCUT2D eigenvalue weighted by molar-refractivity contribution is 5.70. The molecule has 0 aromatic heterocycles. The predicted octanol–water partition coefficient (Wildman–Crippen LogP) is 3.35. The van der Waals surface area contributed by atoms with E-state index >= 15 is 0 Å². The molecule has 1 aliphatic carbocycles. The van der Waals surface area contributed by atoms with E-state index in [9.17, 15) is 4.79 Å². The summed E-state index contributed by atoms with van der Waals surface area (Å²) in [6.45, 7) is 2.26. The number of hydrogen-bond donors (Lipinski definition) is 1. The molecule has 1 aromatic carbocycles. The number of amides is 1. The number of benzene rings is 1.